The average molecular weight is 312 g/mol. The fourth-order valence-electron chi connectivity index (χ4n) is 1.90. The smallest absolute Gasteiger partial charge is 0.220 e. The van der Waals surface area contributed by atoms with Crippen LogP contribution in [0.15, 0.2) is 58.8 Å². The van der Waals surface area contributed by atoms with E-state index in [1.165, 1.54) is 12.3 Å². The minimum Gasteiger partial charge on any atom is -0.508 e. The lowest BCUT2D eigenvalue weighted by molar-refractivity contribution is 0.437. The molecule has 0 unspecified atom stereocenters. The Labute approximate surface area is 130 Å². The summed E-state index contributed by atoms with van der Waals surface area (Å²) in [6.45, 7) is 0. The Kier molecular flexibility index (Phi) is 3.80. The van der Waals surface area contributed by atoms with Crippen molar-refractivity contribution in [3.05, 3.63) is 65.7 Å². The molecule has 3 rings (SSSR count). The van der Waals surface area contributed by atoms with Gasteiger partial charge >= 0.3 is 0 Å². The second-order valence-electron chi connectivity index (χ2n) is 4.47. The Morgan fingerprint density at radius 1 is 1.09 bits per heavy atom. The van der Waals surface area contributed by atoms with E-state index in [1.807, 2.05) is 6.07 Å². The number of hydrogen-bond donors (Lipinski definition) is 3. The number of hydrogen-bond acceptors (Lipinski definition) is 7. The van der Waals surface area contributed by atoms with Crippen LogP contribution in [0.4, 0.5) is 5.95 Å². The van der Waals surface area contributed by atoms with Crippen LogP contribution in [0.3, 0.4) is 0 Å². The van der Waals surface area contributed by atoms with Crippen molar-refractivity contribution in [1.29, 1.82) is 0 Å². The van der Waals surface area contributed by atoms with Gasteiger partial charge in [-0.25, -0.2) is 14.4 Å². The molecule has 2 heterocycles. The van der Waals surface area contributed by atoms with Crippen LogP contribution < -0.4 is 5.73 Å². The van der Waals surface area contributed by atoms with Crippen LogP contribution in [0.2, 0.25) is 0 Å². The molecule has 1 aliphatic heterocycles. The summed E-state index contributed by atoms with van der Waals surface area (Å²) in [5.74, 6) is 0.328. The molecule has 0 spiro atoms. The molecule has 6 nitrogen and oxygen atoms in total. The van der Waals surface area contributed by atoms with Crippen molar-refractivity contribution in [2.75, 3.05) is 5.73 Å². The topological polar surface area (TPSA) is 105 Å². The van der Waals surface area contributed by atoms with E-state index in [2.05, 4.69) is 14.4 Å². The molecule has 0 bridgehead atoms. The normalized spacial score (nSPS) is 14.6. The number of phenols is 1. The summed E-state index contributed by atoms with van der Waals surface area (Å²) >= 11 is 1.09. The third kappa shape index (κ3) is 2.94. The van der Waals surface area contributed by atoms with E-state index in [1.54, 1.807) is 30.3 Å². The molecule has 1 aromatic heterocycles. The summed E-state index contributed by atoms with van der Waals surface area (Å²) in [7, 11) is 0. The van der Waals surface area contributed by atoms with Gasteiger partial charge in [0.1, 0.15) is 11.5 Å². The molecule has 0 amide bonds. The van der Waals surface area contributed by atoms with E-state index >= 15 is 0 Å². The van der Waals surface area contributed by atoms with Crippen molar-refractivity contribution >= 4 is 28.5 Å². The molecule has 0 atom stereocenters. The Morgan fingerprint density at radius 3 is 2.73 bits per heavy atom. The maximum Gasteiger partial charge on any atom is 0.220 e. The third-order valence-electron chi connectivity index (χ3n) is 2.92. The Bertz CT molecular complexity index is 815. The van der Waals surface area contributed by atoms with Gasteiger partial charge < -0.3 is 15.9 Å². The van der Waals surface area contributed by atoms with Gasteiger partial charge in [-0.3, -0.25) is 0 Å². The summed E-state index contributed by atoms with van der Waals surface area (Å²) in [5.41, 5.74) is 7.45. The van der Waals surface area contributed by atoms with Gasteiger partial charge in [0.05, 0.1) is 16.3 Å². The van der Waals surface area contributed by atoms with Crippen LogP contribution in [0.1, 0.15) is 11.3 Å². The van der Waals surface area contributed by atoms with E-state index in [0.717, 1.165) is 17.5 Å². The number of phenolic OH excluding ortho intramolecular Hbond substituents is 1. The zero-order valence-electron chi connectivity index (χ0n) is 11.3. The molecular formula is C15H12N4O2S. The molecular weight excluding hydrogens is 300 g/mol. The SMILES string of the molecule is Nc1nccc(C2=C(O)C=CC(c3cccc(O)c3)=NS2)n1. The van der Waals surface area contributed by atoms with Crippen LogP contribution in [-0.2, 0) is 0 Å². The van der Waals surface area contributed by atoms with Gasteiger partial charge in [-0.15, -0.1) is 0 Å². The fourth-order valence-corrected chi connectivity index (χ4v) is 2.62. The summed E-state index contributed by atoms with van der Waals surface area (Å²) < 4.78 is 4.39. The Hall–Kier alpha value is -2.80. The van der Waals surface area contributed by atoms with Crippen LogP contribution in [0.25, 0.3) is 4.91 Å². The van der Waals surface area contributed by atoms with Crippen LogP contribution in [0, 0.1) is 0 Å². The number of aromatic hydroxyl groups is 1. The Balaban J connectivity index is 1.96. The van der Waals surface area contributed by atoms with E-state index in [4.69, 9.17) is 5.73 Å². The summed E-state index contributed by atoms with van der Waals surface area (Å²) in [6.07, 6.45) is 4.73. The number of aliphatic hydroxyl groups is 1. The van der Waals surface area contributed by atoms with Gasteiger partial charge in [0.15, 0.2) is 0 Å². The van der Waals surface area contributed by atoms with Gasteiger partial charge in [0.25, 0.3) is 0 Å². The van der Waals surface area contributed by atoms with Crippen molar-refractivity contribution < 1.29 is 10.2 Å². The maximum absolute atomic E-state index is 10.2. The van der Waals surface area contributed by atoms with E-state index < -0.39 is 0 Å². The number of aromatic nitrogens is 2. The number of nitrogens with two attached hydrogens (primary N) is 1. The molecule has 0 fully saturated rings. The zero-order chi connectivity index (χ0) is 15.5. The fraction of sp³-hybridized carbons (Fsp3) is 0. The standard InChI is InChI=1S/C15H12N4O2S/c16-15-17-7-6-12(18-15)14-13(21)5-4-11(19-22-14)9-2-1-3-10(20)8-9/h1-8,20-21H,(H2,16,17,18). The molecule has 1 aromatic carbocycles. The number of aliphatic hydroxyl groups excluding tert-OH is 1. The van der Waals surface area contributed by atoms with Crippen molar-refractivity contribution in [3.63, 3.8) is 0 Å². The molecule has 7 heteroatoms. The minimum atomic E-state index is 0.0435. The molecule has 0 radical (unpaired) electrons. The van der Waals surface area contributed by atoms with Crippen LogP contribution in [-0.4, -0.2) is 25.9 Å². The lowest BCUT2D eigenvalue weighted by atomic mass is 10.1. The molecule has 110 valence electrons. The highest BCUT2D eigenvalue weighted by Crippen LogP contribution is 2.33. The van der Waals surface area contributed by atoms with Crippen molar-refractivity contribution in [3.8, 4) is 5.75 Å². The number of rotatable bonds is 2. The number of anilines is 1. The van der Waals surface area contributed by atoms with E-state index in [-0.39, 0.29) is 17.5 Å². The van der Waals surface area contributed by atoms with E-state index in [9.17, 15) is 10.2 Å². The molecule has 0 saturated heterocycles. The summed E-state index contributed by atoms with van der Waals surface area (Å²) in [5, 5.41) is 19.7. The first-order valence-electron chi connectivity index (χ1n) is 6.38. The predicted octanol–water partition coefficient (Wildman–Crippen LogP) is 2.70. The molecule has 4 N–H and O–H groups in total. The lowest BCUT2D eigenvalue weighted by Gasteiger charge is -2.04. The van der Waals surface area contributed by atoms with Crippen LogP contribution >= 0.6 is 11.9 Å². The Morgan fingerprint density at radius 2 is 1.95 bits per heavy atom. The number of allylic oxidation sites excluding steroid dienone is 2. The average Bonchev–Trinajstić information content (AvgIpc) is 2.69. The molecule has 22 heavy (non-hydrogen) atoms. The summed E-state index contributed by atoms with van der Waals surface area (Å²) in [4.78, 5) is 8.40. The number of nitrogens with zero attached hydrogens (tertiary/aromatic N) is 3. The van der Waals surface area contributed by atoms with Crippen molar-refractivity contribution in [1.82, 2.24) is 9.97 Å². The maximum atomic E-state index is 10.2. The van der Waals surface area contributed by atoms with Crippen LogP contribution in [0.5, 0.6) is 5.75 Å². The second-order valence-corrected chi connectivity index (χ2v) is 5.24. The number of benzene rings is 1. The van der Waals surface area contributed by atoms with Gasteiger partial charge in [0.2, 0.25) is 5.95 Å². The quantitative estimate of drug-likeness (QED) is 0.736. The van der Waals surface area contributed by atoms with Gasteiger partial charge in [-0.05, 0) is 30.4 Å². The van der Waals surface area contributed by atoms with Gasteiger partial charge in [-0.2, -0.15) is 0 Å². The highest BCUT2D eigenvalue weighted by atomic mass is 32.2. The number of nitrogen functional groups attached to an aromatic ring is 1. The first-order chi connectivity index (χ1) is 10.6. The first-order valence-corrected chi connectivity index (χ1v) is 7.15. The molecule has 0 saturated carbocycles. The monoisotopic (exact) mass is 312 g/mol. The second kappa shape index (κ2) is 5.90. The van der Waals surface area contributed by atoms with E-state index in [0.29, 0.717) is 16.3 Å². The third-order valence-corrected chi connectivity index (χ3v) is 3.80. The highest BCUT2D eigenvalue weighted by molar-refractivity contribution is 8.07. The molecule has 2 aromatic rings. The summed E-state index contributed by atoms with van der Waals surface area (Å²) in [6, 6.07) is 8.40. The predicted molar refractivity (Wildman–Crippen MR) is 87.4 cm³/mol. The zero-order valence-corrected chi connectivity index (χ0v) is 12.2. The van der Waals surface area contributed by atoms with Gasteiger partial charge in [-0.1, -0.05) is 12.1 Å². The minimum absolute atomic E-state index is 0.0435. The lowest BCUT2D eigenvalue weighted by Crippen LogP contribution is -1.97. The van der Waals surface area contributed by atoms with Crippen molar-refractivity contribution in [2.24, 2.45) is 4.40 Å². The molecule has 1 aliphatic rings. The molecule has 0 aliphatic carbocycles. The van der Waals surface area contributed by atoms with Gasteiger partial charge in [0, 0.05) is 23.7 Å². The van der Waals surface area contributed by atoms with Crippen molar-refractivity contribution in [2.45, 2.75) is 0 Å². The largest absolute Gasteiger partial charge is 0.508 e. The highest BCUT2D eigenvalue weighted by Gasteiger charge is 2.14. The first kappa shape index (κ1) is 14.2.